The molecule has 0 bridgehead atoms. The number of aromatic nitrogens is 2. The van der Waals surface area contributed by atoms with E-state index in [-0.39, 0.29) is 11.9 Å². The number of carbonyl (C=O) groups is 1. The van der Waals surface area contributed by atoms with Crippen LogP contribution in [-0.4, -0.2) is 15.7 Å². The largest absolute Gasteiger partial charge is 0.376 e. The lowest BCUT2D eigenvalue weighted by atomic mass is 10.1. The lowest BCUT2D eigenvalue weighted by Gasteiger charge is -2.15. The second-order valence-electron chi connectivity index (χ2n) is 6.08. The smallest absolute Gasteiger partial charge is 0.221 e. The van der Waals surface area contributed by atoms with Gasteiger partial charge in [-0.2, -0.15) is 5.10 Å². The van der Waals surface area contributed by atoms with Crippen molar-refractivity contribution in [3.05, 3.63) is 78.1 Å². The quantitative estimate of drug-likeness (QED) is 0.714. The van der Waals surface area contributed by atoms with E-state index in [4.69, 9.17) is 0 Å². The highest BCUT2D eigenvalue weighted by molar-refractivity contribution is 5.88. The topological polar surface area (TPSA) is 59.0 Å². The van der Waals surface area contributed by atoms with Crippen molar-refractivity contribution in [1.82, 2.24) is 9.78 Å². The molecule has 1 aromatic heterocycles. The van der Waals surface area contributed by atoms with Crippen LogP contribution in [0.2, 0.25) is 0 Å². The summed E-state index contributed by atoms with van der Waals surface area (Å²) in [7, 11) is 0. The van der Waals surface area contributed by atoms with Crippen molar-refractivity contribution in [3.8, 4) is 0 Å². The third-order valence-corrected chi connectivity index (χ3v) is 3.91. The van der Waals surface area contributed by atoms with Crippen molar-refractivity contribution in [3.63, 3.8) is 0 Å². The molecule has 3 aromatic rings. The van der Waals surface area contributed by atoms with Crippen LogP contribution in [0.5, 0.6) is 0 Å². The molecule has 5 heteroatoms. The summed E-state index contributed by atoms with van der Waals surface area (Å²) in [6.45, 7) is 4.34. The standard InChI is InChI=1S/C20H22N4O/c1-15(18-9-6-10-19(11-18)23-16(2)25)22-20-12-21-24(14-20)13-17-7-4-3-5-8-17/h3-12,14-15,22H,13H2,1-2H3,(H,23,25). The molecule has 0 fully saturated rings. The first-order valence-corrected chi connectivity index (χ1v) is 8.30. The van der Waals surface area contributed by atoms with Crippen LogP contribution in [0.4, 0.5) is 11.4 Å². The van der Waals surface area contributed by atoms with Gasteiger partial charge in [0, 0.05) is 24.8 Å². The van der Waals surface area contributed by atoms with Gasteiger partial charge in [0.05, 0.1) is 18.4 Å². The van der Waals surface area contributed by atoms with E-state index in [9.17, 15) is 4.79 Å². The zero-order chi connectivity index (χ0) is 17.6. The molecular formula is C20H22N4O. The maximum Gasteiger partial charge on any atom is 0.221 e. The number of amides is 1. The van der Waals surface area contributed by atoms with Crippen LogP contribution in [-0.2, 0) is 11.3 Å². The predicted molar refractivity (Wildman–Crippen MR) is 101 cm³/mol. The number of hydrogen-bond acceptors (Lipinski definition) is 3. The predicted octanol–water partition coefficient (Wildman–Crippen LogP) is 4.06. The Bertz CT molecular complexity index is 842. The SMILES string of the molecule is CC(=O)Nc1cccc(C(C)Nc2cnn(Cc3ccccc3)c2)c1. The van der Waals surface area contributed by atoms with E-state index in [1.54, 1.807) is 0 Å². The van der Waals surface area contributed by atoms with Crippen LogP contribution in [0, 0.1) is 0 Å². The molecule has 1 atom stereocenters. The van der Waals surface area contributed by atoms with Gasteiger partial charge in [-0.05, 0) is 30.2 Å². The molecule has 1 unspecified atom stereocenters. The molecule has 0 aliphatic rings. The van der Waals surface area contributed by atoms with Crippen molar-refractivity contribution in [2.75, 3.05) is 10.6 Å². The van der Waals surface area contributed by atoms with Gasteiger partial charge in [0.25, 0.3) is 0 Å². The first-order valence-electron chi connectivity index (χ1n) is 8.30. The van der Waals surface area contributed by atoms with Gasteiger partial charge >= 0.3 is 0 Å². The number of hydrogen-bond donors (Lipinski definition) is 2. The van der Waals surface area contributed by atoms with E-state index >= 15 is 0 Å². The first-order chi connectivity index (χ1) is 12.1. The highest BCUT2D eigenvalue weighted by Crippen LogP contribution is 2.21. The number of nitrogens with one attached hydrogen (secondary N) is 2. The summed E-state index contributed by atoms with van der Waals surface area (Å²) in [4.78, 5) is 11.2. The zero-order valence-corrected chi connectivity index (χ0v) is 14.4. The van der Waals surface area contributed by atoms with Gasteiger partial charge in [0.15, 0.2) is 0 Å². The third-order valence-electron chi connectivity index (χ3n) is 3.91. The number of anilines is 2. The molecule has 2 aromatic carbocycles. The molecule has 0 saturated heterocycles. The summed E-state index contributed by atoms with van der Waals surface area (Å²) in [5, 5.41) is 10.7. The van der Waals surface area contributed by atoms with Gasteiger partial charge in [-0.3, -0.25) is 9.48 Å². The van der Waals surface area contributed by atoms with Gasteiger partial charge in [-0.15, -0.1) is 0 Å². The zero-order valence-electron chi connectivity index (χ0n) is 14.4. The maximum absolute atomic E-state index is 11.2. The first kappa shape index (κ1) is 16.8. The molecule has 0 radical (unpaired) electrons. The second-order valence-corrected chi connectivity index (χ2v) is 6.08. The molecule has 2 N–H and O–H groups in total. The van der Waals surface area contributed by atoms with Gasteiger partial charge < -0.3 is 10.6 Å². The van der Waals surface area contributed by atoms with Gasteiger partial charge in [-0.1, -0.05) is 42.5 Å². The molecule has 0 aliphatic carbocycles. The second kappa shape index (κ2) is 7.66. The summed E-state index contributed by atoms with van der Waals surface area (Å²) >= 11 is 0. The number of rotatable bonds is 6. The molecule has 0 saturated carbocycles. The highest BCUT2D eigenvalue weighted by atomic mass is 16.1. The molecule has 1 heterocycles. The fourth-order valence-corrected chi connectivity index (χ4v) is 2.72. The van der Waals surface area contributed by atoms with E-state index in [0.29, 0.717) is 0 Å². The third kappa shape index (κ3) is 4.70. The van der Waals surface area contributed by atoms with E-state index in [1.165, 1.54) is 12.5 Å². The summed E-state index contributed by atoms with van der Waals surface area (Å²) < 4.78 is 1.91. The van der Waals surface area contributed by atoms with Crippen molar-refractivity contribution >= 4 is 17.3 Å². The van der Waals surface area contributed by atoms with Crippen molar-refractivity contribution < 1.29 is 4.79 Å². The highest BCUT2D eigenvalue weighted by Gasteiger charge is 2.08. The Morgan fingerprint density at radius 3 is 2.68 bits per heavy atom. The minimum absolute atomic E-state index is 0.0695. The van der Waals surface area contributed by atoms with Crippen LogP contribution >= 0.6 is 0 Å². The fourth-order valence-electron chi connectivity index (χ4n) is 2.72. The van der Waals surface area contributed by atoms with E-state index in [2.05, 4.69) is 34.8 Å². The molecule has 1 amide bonds. The van der Waals surface area contributed by atoms with Crippen molar-refractivity contribution in [2.45, 2.75) is 26.4 Å². The lowest BCUT2D eigenvalue weighted by Crippen LogP contribution is -2.09. The number of benzene rings is 2. The Hall–Kier alpha value is -3.08. The van der Waals surface area contributed by atoms with Crippen molar-refractivity contribution in [1.29, 1.82) is 0 Å². The van der Waals surface area contributed by atoms with Gasteiger partial charge in [-0.25, -0.2) is 0 Å². The summed E-state index contributed by atoms with van der Waals surface area (Å²) in [5.41, 5.74) is 4.09. The Kier molecular flexibility index (Phi) is 5.14. The van der Waals surface area contributed by atoms with Gasteiger partial charge in [0.1, 0.15) is 0 Å². The molecule has 5 nitrogen and oxygen atoms in total. The Balaban J connectivity index is 1.65. The summed E-state index contributed by atoms with van der Waals surface area (Å²) in [6, 6.07) is 18.2. The molecule has 128 valence electrons. The fraction of sp³-hybridized carbons (Fsp3) is 0.200. The Labute approximate surface area is 147 Å². The van der Waals surface area contributed by atoms with Crippen molar-refractivity contribution in [2.24, 2.45) is 0 Å². The average molecular weight is 334 g/mol. The van der Waals surface area contributed by atoms with Crippen LogP contribution in [0.3, 0.4) is 0 Å². The normalized spacial score (nSPS) is 11.8. The molecule has 25 heavy (non-hydrogen) atoms. The van der Waals surface area contributed by atoms with E-state index in [0.717, 1.165) is 23.5 Å². The maximum atomic E-state index is 11.2. The Morgan fingerprint density at radius 1 is 1.12 bits per heavy atom. The summed E-state index contributed by atoms with van der Waals surface area (Å²) in [5.74, 6) is -0.0695. The monoisotopic (exact) mass is 334 g/mol. The minimum Gasteiger partial charge on any atom is -0.376 e. The van der Waals surface area contributed by atoms with Crippen LogP contribution in [0.1, 0.15) is 31.0 Å². The number of carbonyl (C=O) groups excluding carboxylic acids is 1. The molecular weight excluding hydrogens is 312 g/mol. The minimum atomic E-state index is -0.0695. The van der Waals surface area contributed by atoms with Crippen LogP contribution in [0.25, 0.3) is 0 Å². The van der Waals surface area contributed by atoms with Gasteiger partial charge in [0.2, 0.25) is 5.91 Å². The Morgan fingerprint density at radius 2 is 1.92 bits per heavy atom. The lowest BCUT2D eigenvalue weighted by molar-refractivity contribution is -0.114. The average Bonchev–Trinajstić information content (AvgIpc) is 3.02. The summed E-state index contributed by atoms with van der Waals surface area (Å²) in [6.07, 6.45) is 3.83. The molecule has 0 spiro atoms. The molecule has 0 aliphatic heterocycles. The van der Waals surface area contributed by atoms with Crippen LogP contribution in [0.15, 0.2) is 67.0 Å². The molecule has 3 rings (SSSR count). The van der Waals surface area contributed by atoms with Crippen LogP contribution < -0.4 is 10.6 Å². The van der Waals surface area contributed by atoms with E-state index in [1.807, 2.05) is 59.5 Å². The number of nitrogens with zero attached hydrogens (tertiary/aromatic N) is 2. The van der Waals surface area contributed by atoms with E-state index < -0.39 is 0 Å².